The Bertz CT molecular complexity index is 146. The molecule has 0 radical (unpaired) electrons. The highest BCUT2D eigenvalue weighted by Gasteiger charge is 2.51. The zero-order valence-electron chi connectivity index (χ0n) is 8.48. The number of rotatable bonds is 5. The lowest BCUT2D eigenvalue weighted by atomic mass is 9.81. The van der Waals surface area contributed by atoms with E-state index in [1.165, 1.54) is 12.8 Å². The summed E-state index contributed by atoms with van der Waals surface area (Å²) in [7, 11) is 0. The second kappa shape index (κ2) is 3.35. The van der Waals surface area contributed by atoms with Crippen molar-refractivity contribution in [2.24, 2.45) is 5.41 Å². The first-order valence-corrected chi connectivity index (χ1v) is 4.94. The minimum atomic E-state index is 0.149. The zero-order chi connectivity index (χ0) is 9.24. The molecular formula is C10H21NO. The highest BCUT2D eigenvalue weighted by atomic mass is 16.3. The van der Waals surface area contributed by atoms with Crippen LogP contribution in [0.5, 0.6) is 0 Å². The maximum absolute atomic E-state index is 8.98. The van der Waals surface area contributed by atoms with Crippen LogP contribution in [0.3, 0.4) is 0 Å². The van der Waals surface area contributed by atoms with Crippen molar-refractivity contribution in [1.82, 2.24) is 5.32 Å². The van der Waals surface area contributed by atoms with Crippen molar-refractivity contribution >= 4 is 0 Å². The van der Waals surface area contributed by atoms with Crippen molar-refractivity contribution in [3.8, 4) is 0 Å². The highest BCUT2D eigenvalue weighted by Crippen LogP contribution is 2.54. The normalized spacial score (nSPS) is 25.0. The molecule has 1 saturated carbocycles. The Balaban J connectivity index is 2.58. The van der Waals surface area contributed by atoms with Crippen LogP contribution in [0.2, 0.25) is 0 Å². The summed E-state index contributed by atoms with van der Waals surface area (Å²) in [5.41, 5.74) is 0.586. The van der Waals surface area contributed by atoms with E-state index >= 15 is 0 Å². The van der Waals surface area contributed by atoms with E-state index in [0.717, 1.165) is 13.0 Å². The maximum atomic E-state index is 8.98. The molecule has 1 unspecified atom stereocenters. The van der Waals surface area contributed by atoms with Crippen LogP contribution < -0.4 is 5.32 Å². The second-order valence-electron chi connectivity index (χ2n) is 4.40. The number of nitrogens with one attached hydrogen (secondary N) is 1. The van der Waals surface area contributed by atoms with Crippen molar-refractivity contribution in [2.45, 2.75) is 45.6 Å². The Morgan fingerprint density at radius 2 is 2.08 bits per heavy atom. The van der Waals surface area contributed by atoms with Crippen molar-refractivity contribution < 1.29 is 5.11 Å². The van der Waals surface area contributed by atoms with E-state index in [-0.39, 0.29) is 5.54 Å². The molecule has 0 bridgehead atoms. The summed E-state index contributed by atoms with van der Waals surface area (Å²) in [6, 6.07) is 0. The first-order chi connectivity index (χ1) is 5.58. The van der Waals surface area contributed by atoms with Crippen molar-refractivity contribution in [3.63, 3.8) is 0 Å². The first-order valence-electron chi connectivity index (χ1n) is 4.94. The Hall–Kier alpha value is -0.0800. The average molecular weight is 171 g/mol. The van der Waals surface area contributed by atoms with Gasteiger partial charge in [-0.1, -0.05) is 13.8 Å². The van der Waals surface area contributed by atoms with Gasteiger partial charge in [-0.25, -0.2) is 0 Å². The maximum Gasteiger partial charge on any atom is 0.0448 e. The molecule has 0 spiro atoms. The van der Waals surface area contributed by atoms with Crippen molar-refractivity contribution in [2.75, 3.05) is 13.2 Å². The second-order valence-corrected chi connectivity index (χ2v) is 4.40. The predicted molar refractivity (Wildman–Crippen MR) is 51.1 cm³/mol. The molecule has 0 heterocycles. The van der Waals surface area contributed by atoms with Crippen LogP contribution in [0, 0.1) is 5.41 Å². The van der Waals surface area contributed by atoms with Gasteiger partial charge in [-0.15, -0.1) is 0 Å². The number of aliphatic hydroxyl groups is 1. The topological polar surface area (TPSA) is 32.3 Å². The van der Waals surface area contributed by atoms with Gasteiger partial charge in [0, 0.05) is 12.1 Å². The molecule has 2 heteroatoms. The van der Waals surface area contributed by atoms with Crippen LogP contribution in [0.15, 0.2) is 0 Å². The average Bonchev–Trinajstić information content (AvgIpc) is 2.70. The highest BCUT2D eigenvalue weighted by molar-refractivity contribution is 5.07. The molecule has 0 amide bonds. The van der Waals surface area contributed by atoms with E-state index in [2.05, 4.69) is 26.1 Å². The molecule has 2 N–H and O–H groups in total. The summed E-state index contributed by atoms with van der Waals surface area (Å²) >= 11 is 0. The Labute approximate surface area is 75.4 Å². The van der Waals surface area contributed by atoms with Gasteiger partial charge in [-0.05, 0) is 38.1 Å². The van der Waals surface area contributed by atoms with E-state index < -0.39 is 0 Å². The largest absolute Gasteiger partial charge is 0.396 e. The van der Waals surface area contributed by atoms with Crippen molar-refractivity contribution in [3.05, 3.63) is 0 Å². The molecule has 0 aliphatic heterocycles. The summed E-state index contributed by atoms with van der Waals surface area (Å²) < 4.78 is 0. The standard InChI is InChI=1S/C10H21NO/c1-4-11-10(3,7-8-12)9(2)5-6-9/h11-12H,4-8H2,1-3H3. The summed E-state index contributed by atoms with van der Waals surface area (Å²) in [5.74, 6) is 0. The van der Waals surface area contributed by atoms with Gasteiger partial charge in [-0.2, -0.15) is 0 Å². The number of aliphatic hydroxyl groups excluding tert-OH is 1. The molecule has 1 atom stereocenters. The van der Waals surface area contributed by atoms with Crippen LogP contribution in [0.4, 0.5) is 0 Å². The summed E-state index contributed by atoms with van der Waals surface area (Å²) in [6.07, 6.45) is 3.48. The van der Waals surface area contributed by atoms with Gasteiger partial charge in [0.15, 0.2) is 0 Å². The first kappa shape index (κ1) is 10.0. The van der Waals surface area contributed by atoms with Crippen LogP contribution >= 0.6 is 0 Å². The van der Waals surface area contributed by atoms with Crippen LogP contribution in [-0.4, -0.2) is 23.8 Å². The lowest BCUT2D eigenvalue weighted by Crippen LogP contribution is -2.49. The Morgan fingerprint density at radius 1 is 1.50 bits per heavy atom. The van der Waals surface area contributed by atoms with Gasteiger partial charge >= 0.3 is 0 Å². The van der Waals surface area contributed by atoms with Gasteiger partial charge in [0.25, 0.3) is 0 Å². The van der Waals surface area contributed by atoms with E-state index in [9.17, 15) is 0 Å². The molecule has 1 rings (SSSR count). The molecule has 0 aromatic rings. The van der Waals surface area contributed by atoms with E-state index in [4.69, 9.17) is 5.11 Å². The fourth-order valence-electron chi connectivity index (χ4n) is 1.96. The van der Waals surface area contributed by atoms with Gasteiger partial charge in [-0.3, -0.25) is 0 Å². The van der Waals surface area contributed by atoms with Crippen LogP contribution in [-0.2, 0) is 0 Å². The molecule has 0 aromatic carbocycles. The molecule has 1 aliphatic carbocycles. The lowest BCUT2D eigenvalue weighted by Gasteiger charge is -2.36. The predicted octanol–water partition coefficient (Wildman–Crippen LogP) is 1.54. The molecule has 2 nitrogen and oxygen atoms in total. The summed E-state index contributed by atoms with van der Waals surface area (Å²) in [4.78, 5) is 0. The van der Waals surface area contributed by atoms with Crippen LogP contribution in [0.1, 0.15) is 40.0 Å². The summed E-state index contributed by atoms with van der Waals surface area (Å²) in [6.45, 7) is 7.96. The molecule has 1 aliphatic rings. The van der Waals surface area contributed by atoms with Gasteiger partial charge in [0.2, 0.25) is 0 Å². The fourth-order valence-corrected chi connectivity index (χ4v) is 1.96. The molecular weight excluding hydrogens is 150 g/mol. The summed E-state index contributed by atoms with van der Waals surface area (Å²) in [5, 5.41) is 12.5. The van der Waals surface area contributed by atoms with Gasteiger partial charge in [0.1, 0.15) is 0 Å². The Morgan fingerprint density at radius 3 is 2.42 bits per heavy atom. The fraction of sp³-hybridized carbons (Fsp3) is 1.00. The monoisotopic (exact) mass is 171 g/mol. The Kier molecular flexibility index (Phi) is 2.79. The van der Waals surface area contributed by atoms with E-state index in [0.29, 0.717) is 12.0 Å². The van der Waals surface area contributed by atoms with Crippen LogP contribution in [0.25, 0.3) is 0 Å². The third-order valence-corrected chi connectivity index (χ3v) is 3.51. The van der Waals surface area contributed by atoms with Gasteiger partial charge in [0.05, 0.1) is 0 Å². The minimum Gasteiger partial charge on any atom is -0.396 e. The molecule has 72 valence electrons. The quantitative estimate of drug-likeness (QED) is 0.657. The van der Waals surface area contributed by atoms with Crippen molar-refractivity contribution in [1.29, 1.82) is 0 Å². The molecule has 12 heavy (non-hydrogen) atoms. The SMILES string of the molecule is CCNC(C)(CCO)C1(C)CC1. The molecule has 0 aromatic heterocycles. The smallest absolute Gasteiger partial charge is 0.0448 e. The minimum absolute atomic E-state index is 0.149. The van der Waals surface area contributed by atoms with E-state index in [1.54, 1.807) is 0 Å². The number of hydrogen-bond acceptors (Lipinski definition) is 2. The zero-order valence-corrected chi connectivity index (χ0v) is 8.48. The number of hydrogen-bond donors (Lipinski definition) is 2. The van der Waals surface area contributed by atoms with Gasteiger partial charge < -0.3 is 10.4 Å². The van der Waals surface area contributed by atoms with E-state index in [1.807, 2.05) is 0 Å². The lowest BCUT2D eigenvalue weighted by molar-refractivity contribution is 0.160. The third kappa shape index (κ3) is 1.64. The molecule has 0 saturated heterocycles. The third-order valence-electron chi connectivity index (χ3n) is 3.51. The molecule has 1 fully saturated rings.